The van der Waals surface area contributed by atoms with Gasteiger partial charge in [-0.15, -0.1) is 0 Å². The molecule has 22 heavy (non-hydrogen) atoms. The Bertz CT molecular complexity index is 991. The molecule has 4 heteroatoms. The van der Waals surface area contributed by atoms with Gasteiger partial charge in [-0.3, -0.25) is 0 Å². The predicted octanol–water partition coefficient (Wildman–Crippen LogP) is 3.98. The molecule has 0 spiro atoms. The lowest BCUT2D eigenvalue weighted by molar-refractivity contribution is 0.0688. The van der Waals surface area contributed by atoms with Crippen molar-refractivity contribution in [1.29, 1.82) is 0 Å². The number of hydrogen-bond donors (Lipinski definition) is 2. The summed E-state index contributed by atoms with van der Waals surface area (Å²) < 4.78 is 0. The number of hydrogen-bond acceptors (Lipinski definition) is 2. The van der Waals surface area contributed by atoms with Gasteiger partial charge in [-0.05, 0) is 44.5 Å². The fourth-order valence-corrected chi connectivity index (χ4v) is 3.21. The van der Waals surface area contributed by atoms with Crippen molar-refractivity contribution < 1.29 is 19.8 Å². The molecule has 0 radical (unpaired) electrons. The molecule has 4 aromatic rings. The monoisotopic (exact) mass is 290 g/mol. The molecular weight excluding hydrogens is 280 g/mol. The van der Waals surface area contributed by atoms with E-state index in [0.29, 0.717) is 10.8 Å². The van der Waals surface area contributed by atoms with E-state index in [0.717, 1.165) is 21.5 Å². The second kappa shape index (κ2) is 4.18. The smallest absolute Gasteiger partial charge is 0.336 e. The summed E-state index contributed by atoms with van der Waals surface area (Å²) in [5.41, 5.74) is 0.461. The molecule has 0 bridgehead atoms. The highest BCUT2D eigenvalue weighted by Gasteiger charge is 2.19. The van der Waals surface area contributed by atoms with Crippen LogP contribution in [0.4, 0.5) is 0 Å². The lowest BCUT2D eigenvalue weighted by Gasteiger charge is -2.14. The van der Waals surface area contributed by atoms with Crippen LogP contribution in [0.25, 0.3) is 32.3 Å². The molecule has 0 aromatic heterocycles. The molecule has 106 valence electrons. The summed E-state index contributed by atoms with van der Waals surface area (Å²) in [5, 5.41) is 23.2. The summed E-state index contributed by atoms with van der Waals surface area (Å²) in [6.07, 6.45) is 0. The van der Waals surface area contributed by atoms with Crippen LogP contribution in [-0.2, 0) is 0 Å². The minimum atomic E-state index is -0.988. The molecule has 0 aliphatic carbocycles. The number of aromatic carboxylic acids is 2. The Labute approximate surface area is 124 Å². The van der Waals surface area contributed by atoms with Crippen LogP contribution in [0, 0.1) is 0 Å². The first kappa shape index (κ1) is 12.6. The Kier molecular flexibility index (Phi) is 2.39. The van der Waals surface area contributed by atoms with Gasteiger partial charge in [-0.25, -0.2) is 9.59 Å². The lowest BCUT2D eigenvalue weighted by atomic mass is 9.89. The second-order valence-corrected chi connectivity index (χ2v) is 5.27. The predicted molar refractivity (Wildman–Crippen MR) is 84.1 cm³/mol. The summed E-state index contributed by atoms with van der Waals surface area (Å²) in [7, 11) is 0. The number of rotatable bonds is 2. The van der Waals surface area contributed by atoms with Crippen LogP contribution in [0.2, 0.25) is 0 Å². The van der Waals surface area contributed by atoms with Gasteiger partial charge in [0.15, 0.2) is 0 Å². The fourth-order valence-electron chi connectivity index (χ4n) is 3.21. The summed E-state index contributed by atoms with van der Waals surface area (Å²) >= 11 is 0. The first-order valence-corrected chi connectivity index (χ1v) is 6.75. The van der Waals surface area contributed by atoms with Crippen LogP contribution in [0.15, 0.2) is 48.5 Å². The fraction of sp³-hybridized carbons (Fsp3) is 0. The average Bonchev–Trinajstić information content (AvgIpc) is 2.51. The maximum atomic E-state index is 11.5. The Hall–Kier alpha value is -3.14. The van der Waals surface area contributed by atoms with E-state index in [-0.39, 0.29) is 11.1 Å². The molecule has 0 atom stereocenters. The van der Waals surface area contributed by atoms with E-state index in [9.17, 15) is 19.8 Å². The molecule has 0 saturated heterocycles. The normalized spacial score (nSPS) is 11.5. The van der Waals surface area contributed by atoms with E-state index in [2.05, 4.69) is 0 Å². The first-order valence-electron chi connectivity index (χ1n) is 6.75. The molecule has 0 fully saturated rings. The summed E-state index contributed by atoms with van der Waals surface area (Å²) in [5.74, 6) is -1.98. The molecule has 2 N–H and O–H groups in total. The highest BCUT2D eigenvalue weighted by atomic mass is 16.4. The van der Waals surface area contributed by atoms with Crippen molar-refractivity contribution in [1.82, 2.24) is 0 Å². The van der Waals surface area contributed by atoms with E-state index in [1.807, 2.05) is 12.1 Å². The zero-order valence-corrected chi connectivity index (χ0v) is 11.3. The third kappa shape index (κ3) is 1.52. The summed E-state index contributed by atoms with van der Waals surface area (Å²) in [4.78, 5) is 23.1. The van der Waals surface area contributed by atoms with E-state index in [1.165, 1.54) is 0 Å². The Morgan fingerprint density at radius 2 is 1.09 bits per heavy atom. The van der Waals surface area contributed by atoms with Crippen molar-refractivity contribution in [2.75, 3.05) is 0 Å². The molecule has 0 amide bonds. The minimum absolute atomic E-state index is 0.230. The van der Waals surface area contributed by atoms with Crippen molar-refractivity contribution in [2.24, 2.45) is 0 Å². The quantitative estimate of drug-likeness (QED) is 0.547. The van der Waals surface area contributed by atoms with E-state index >= 15 is 0 Å². The topological polar surface area (TPSA) is 74.6 Å². The molecular formula is C18H10O4. The third-order valence-electron chi connectivity index (χ3n) is 4.08. The van der Waals surface area contributed by atoms with Gasteiger partial charge in [0.2, 0.25) is 0 Å². The van der Waals surface area contributed by atoms with Crippen molar-refractivity contribution >= 4 is 44.3 Å². The standard InChI is InChI=1S/C18H10O4/c19-17(20)13-8-10-4-2-6-12-14(18(21)22)7-9-3-1-5-11(13)15(9)16(10)12/h1-8H,(H,19,20)(H,21,22). The first-order chi connectivity index (χ1) is 10.6. The largest absolute Gasteiger partial charge is 0.478 e. The molecule has 4 aromatic carbocycles. The van der Waals surface area contributed by atoms with Gasteiger partial charge in [0.1, 0.15) is 0 Å². The SMILES string of the molecule is O=C(O)c1cc2cccc3c(C(=O)O)cc4cccc1c4c23. The number of carbonyl (C=O) groups is 2. The zero-order chi connectivity index (χ0) is 15.4. The van der Waals surface area contributed by atoms with Crippen LogP contribution >= 0.6 is 0 Å². The number of carboxylic acids is 2. The molecule has 0 unspecified atom stereocenters. The van der Waals surface area contributed by atoms with Crippen molar-refractivity contribution in [3.8, 4) is 0 Å². The maximum absolute atomic E-state index is 11.5. The van der Waals surface area contributed by atoms with Gasteiger partial charge in [0.05, 0.1) is 11.1 Å². The Morgan fingerprint density at radius 1 is 0.682 bits per heavy atom. The Balaban J connectivity index is 2.39. The molecule has 4 nitrogen and oxygen atoms in total. The van der Waals surface area contributed by atoms with Gasteiger partial charge in [0.25, 0.3) is 0 Å². The average molecular weight is 290 g/mol. The number of carboxylic acid groups (broad SMARTS) is 2. The van der Waals surface area contributed by atoms with Gasteiger partial charge in [-0.1, -0.05) is 36.4 Å². The van der Waals surface area contributed by atoms with Gasteiger partial charge in [0, 0.05) is 0 Å². The maximum Gasteiger partial charge on any atom is 0.336 e. The van der Waals surface area contributed by atoms with Gasteiger partial charge in [-0.2, -0.15) is 0 Å². The lowest BCUT2D eigenvalue weighted by Crippen LogP contribution is -2.02. The van der Waals surface area contributed by atoms with Crippen LogP contribution < -0.4 is 0 Å². The molecule has 0 heterocycles. The van der Waals surface area contributed by atoms with Crippen LogP contribution in [0.1, 0.15) is 20.7 Å². The van der Waals surface area contributed by atoms with Crippen molar-refractivity contribution in [2.45, 2.75) is 0 Å². The van der Waals surface area contributed by atoms with Crippen LogP contribution in [0.3, 0.4) is 0 Å². The second-order valence-electron chi connectivity index (χ2n) is 5.27. The highest BCUT2D eigenvalue weighted by Crippen LogP contribution is 2.38. The molecule has 0 aliphatic rings. The minimum Gasteiger partial charge on any atom is -0.478 e. The highest BCUT2D eigenvalue weighted by molar-refractivity contribution is 6.29. The van der Waals surface area contributed by atoms with Crippen molar-refractivity contribution in [3.63, 3.8) is 0 Å². The van der Waals surface area contributed by atoms with Crippen molar-refractivity contribution in [3.05, 3.63) is 59.7 Å². The van der Waals surface area contributed by atoms with Crippen LogP contribution in [0.5, 0.6) is 0 Å². The number of benzene rings is 4. The summed E-state index contributed by atoms with van der Waals surface area (Å²) in [6.45, 7) is 0. The zero-order valence-electron chi connectivity index (χ0n) is 11.3. The Morgan fingerprint density at radius 3 is 1.45 bits per heavy atom. The summed E-state index contributed by atoms with van der Waals surface area (Å²) in [6, 6.07) is 13.9. The molecule has 0 aliphatic heterocycles. The molecule has 0 saturated carbocycles. The van der Waals surface area contributed by atoms with Gasteiger partial charge >= 0.3 is 11.9 Å². The van der Waals surface area contributed by atoms with E-state index in [1.54, 1.807) is 36.4 Å². The van der Waals surface area contributed by atoms with E-state index < -0.39 is 11.9 Å². The van der Waals surface area contributed by atoms with Gasteiger partial charge < -0.3 is 10.2 Å². The third-order valence-corrected chi connectivity index (χ3v) is 4.08. The van der Waals surface area contributed by atoms with Crippen LogP contribution in [-0.4, -0.2) is 22.2 Å². The molecule has 4 rings (SSSR count). The van der Waals surface area contributed by atoms with E-state index in [4.69, 9.17) is 0 Å².